The van der Waals surface area contributed by atoms with Crippen LogP contribution in [-0.2, 0) is 23.2 Å². The lowest BCUT2D eigenvalue weighted by atomic mass is 9.75. The summed E-state index contributed by atoms with van der Waals surface area (Å²) in [5.41, 5.74) is 11.1. The highest BCUT2D eigenvalue weighted by Gasteiger charge is 2.37. The smallest absolute Gasteiger partial charge is 0.143 e. The van der Waals surface area contributed by atoms with Gasteiger partial charge in [0.1, 0.15) is 6.29 Å². The molecule has 2 unspecified atom stereocenters. The SMILES string of the molecule is CC.CC.CCC(C)C1CC1.CCCNC1(/C(C)=C/N=CC(C)C)c2ccc(C)c(c2)CCc2cccc(c2)/C(=C/C=O)c2cc1ccc2C. The molecule has 5 rings (SSSR count). The Morgan fingerprint density at radius 1 is 0.900 bits per heavy atom. The summed E-state index contributed by atoms with van der Waals surface area (Å²) >= 11 is 0. The molecule has 3 aromatic rings. The van der Waals surface area contributed by atoms with E-state index in [9.17, 15) is 4.79 Å². The van der Waals surface area contributed by atoms with Crippen molar-refractivity contribution in [3.05, 3.63) is 123 Å². The van der Waals surface area contributed by atoms with Crippen molar-refractivity contribution in [2.75, 3.05) is 6.54 Å². The number of nitrogens with one attached hydrogen (secondary N) is 1. The number of aryl methyl sites for hydroxylation is 4. The second-order valence-electron chi connectivity index (χ2n) is 13.8. The van der Waals surface area contributed by atoms with Crippen LogP contribution in [0, 0.1) is 31.6 Å². The van der Waals surface area contributed by atoms with Gasteiger partial charge in [-0.15, -0.1) is 0 Å². The molecule has 1 saturated carbocycles. The summed E-state index contributed by atoms with van der Waals surface area (Å²) < 4.78 is 0. The van der Waals surface area contributed by atoms with Gasteiger partial charge < -0.3 is 5.32 Å². The topological polar surface area (TPSA) is 41.5 Å². The highest BCUT2D eigenvalue weighted by molar-refractivity contribution is 5.91. The Labute approximate surface area is 306 Å². The Bertz CT molecular complexity index is 1570. The highest BCUT2D eigenvalue weighted by atomic mass is 16.1. The number of hydrogen-bond donors (Lipinski definition) is 1. The molecule has 1 N–H and O–H groups in total. The Morgan fingerprint density at radius 3 is 2.14 bits per heavy atom. The molecular weight excluding hydrogens is 609 g/mol. The van der Waals surface area contributed by atoms with Crippen LogP contribution < -0.4 is 5.32 Å². The normalized spacial score (nSPS) is 18.3. The number of carbonyl (C=O) groups excluding carboxylic acids is 1. The molecule has 2 aliphatic rings. The minimum atomic E-state index is -0.575. The number of allylic oxidation sites excluding steroid dienone is 1. The largest absolute Gasteiger partial charge is 0.300 e. The molecule has 0 aromatic heterocycles. The maximum Gasteiger partial charge on any atom is 0.143 e. The standard InChI is InChI=1S/C36H42N2O.C7H14.2C2H6/c1-7-18-38-36(28(6)24-37-23-25(2)3)32-15-11-26(4)30(21-32)14-13-29-9-8-10-31(20-29)34(17-19-39)35-22-33(36)16-12-27(35)5;1-3-6(2)7-4-5-7;2*1-2/h8-12,15-17,19-25,38H,7,13-14,18H2,1-6H3;6-7H,3-5H2,1-2H3;2*1-2H3/b28-24+,34-17-,37-23?;;;. The molecule has 2 aliphatic carbocycles. The van der Waals surface area contributed by atoms with Gasteiger partial charge in [0.25, 0.3) is 0 Å². The first-order valence-electron chi connectivity index (χ1n) is 19.6. The predicted octanol–water partition coefficient (Wildman–Crippen LogP) is 12.4. The summed E-state index contributed by atoms with van der Waals surface area (Å²) in [7, 11) is 0. The number of carbonyl (C=O) groups is 1. The van der Waals surface area contributed by atoms with Gasteiger partial charge in [0, 0.05) is 12.4 Å². The third kappa shape index (κ3) is 11.2. The Hall–Kier alpha value is -3.56. The molecule has 1 fully saturated rings. The van der Waals surface area contributed by atoms with E-state index in [4.69, 9.17) is 4.99 Å². The zero-order chi connectivity index (χ0) is 37.3. The average molecular weight is 677 g/mol. The van der Waals surface area contributed by atoms with Crippen molar-refractivity contribution in [2.45, 2.75) is 127 Å². The zero-order valence-corrected chi connectivity index (χ0v) is 33.6. The number of nitrogens with zero attached hydrogens (tertiary/aromatic N) is 1. The Morgan fingerprint density at radius 2 is 1.56 bits per heavy atom. The lowest BCUT2D eigenvalue weighted by Gasteiger charge is -2.38. The molecule has 0 spiro atoms. The van der Waals surface area contributed by atoms with Gasteiger partial charge >= 0.3 is 0 Å². The van der Waals surface area contributed by atoms with Crippen LogP contribution in [0.25, 0.3) is 5.57 Å². The van der Waals surface area contributed by atoms with Gasteiger partial charge in [-0.05, 0) is 145 Å². The van der Waals surface area contributed by atoms with Crippen LogP contribution in [0.1, 0.15) is 139 Å². The van der Waals surface area contributed by atoms with Crippen LogP contribution >= 0.6 is 0 Å². The van der Waals surface area contributed by atoms with Gasteiger partial charge in [-0.3, -0.25) is 9.79 Å². The second kappa shape index (κ2) is 21.6. The van der Waals surface area contributed by atoms with E-state index in [1.165, 1.54) is 41.5 Å². The van der Waals surface area contributed by atoms with Crippen LogP contribution in [-0.4, -0.2) is 19.0 Å². The molecule has 50 heavy (non-hydrogen) atoms. The third-order valence-corrected chi connectivity index (χ3v) is 9.85. The maximum atomic E-state index is 11.9. The first-order valence-corrected chi connectivity index (χ1v) is 19.6. The van der Waals surface area contributed by atoms with Crippen LogP contribution in [0.4, 0.5) is 0 Å². The van der Waals surface area contributed by atoms with Gasteiger partial charge in [0.05, 0.1) is 5.54 Å². The first kappa shape index (κ1) is 42.6. The number of aldehydes is 1. The van der Waals surface area contributed by atoms with E-state index >= 15 is 0 Å². The summed E-state index contributed by atoms with van der Waals surface area (Å²) in [6, 6.07) is 22.3. The van der Waals surface area contributed by atoms with Gasteiger partial charge in [-0.25, -0.2) is 0 Å². The molecule has 272 valence electrons. The summed E-state index contributed by atoms with van der Waals surface area (Å²) in [5, 5.41) is 3.97. The second-order valence-corrected chi connectivity index (χ2v) is 13.8. The molecule has 0 saturated heterocycles. The van der Waals surface area contributed by atoms with Crippen LogP contribution in [0.15, 0.2) is 83.5 Å². The third-order valence-electron chi connectivity index (χ3n) is 9.85. The van der Waals surface area contributed by atoms with E-state index < -0.39 is 5.54 Å². The van der Waals surface area contributed by atoms with Gasteiger partial charge in [-0.1, -0.05) is 123 Å². The molecule has 0 heterocycles. The van der Waals surface area contributed by atoms with Crippen LogP contribution in [0.5, 0.6) is 0 Å². The van der Waals surface area contributed by atoms with Crippen molar-refractivity contribution in [1.29, 1.82) is 0 Å². The summed E-state index contributed by atoms with van der Waals surface area (Å²) in [4.78, 5) is 16.6. The van der Waals surface area contributed by atoms with Crippen molar-refractivity contribution in [3.63, 3.8) is 0 Å². The van der Waals surface area contributed by atoms with Crippen molar-refractivity contribution >= 4 is 18.1 Å². The van der Waals surface area contributed by atoms with Gasteiger partial charge in [0.2, 0.25) is 0 Å². The quantitative estimate of drug-likeness (QED) is 0.139. The fraction of sp³-hybridized carbons (Fsp3) is 0.489. The molecule has 0 amide bonds. The fourth-order valence-electron chi connectivity index (χ4n) is 6.60. The van der Waals surface area contributed by atoms with Crippen molar-refractivity contribution in [1.82, 2.24) is 5.32 Å². The molecule has 3 aromatic carbocycles. The lowest BCUT2D eigenvalue weighted by Crippen LogP contribution is -2.45. The summed E-state index contributed by atoms with van der Waals surface area (Å²) in [5.74, 6) is 2.50. The van der Waals surface area contributed by atoms with E-state index in [0.29, 0.717) is 5.92 Å². The van der Waals surface area contributed by atoms with Gasteiger partial charge in [0.15, 0.2) is 0 Å². The lowest BCUT2D eigenvalue weighted by molar-refractivity contribution is -0.104. The van der Waals surface area contributed by atoms with E-state index in [1.54, 1.807) is 6.08 Å². The minimum Gasteiger partial charge on any atom is -0.300 e. The maximum absolute atomic E-state index is 11.9. The Kier molecular flexibility index (Phi) is 18.4. The number of hydrogen-bond acceptors (Lipinski definition) is 3. The van der Waals surface area contributed by atoms with Crippen LogP contribution in [0.3, 0.4) is 0 Å². The fourth-order valence-corrected chi connectivity index (χ4v) is 6.60. The van der Waals surface area contributed by atoms with E-state index in [2.05, 4.69) is 121 Å². The molecule has 3 nitrogen and oxygen atoms in total. The zero-order valence-electron chi connectivity index (χ0n) is 33.6. The molecule has 6 bridgehead atoms. The molecular formula is C47H68N2O. The Balaban J connectivity index is 0.000000684. The summed E-state index contributed by atoms with van der Waals surface area (Å²) in [6.45, 7) is 26.5. The van der Waals surface area contributed by atoms with Crippen LogP contribution in [0.2, 0.25) is 0 Å². The predicted molar refractivity (Wildman–Crippen MR) is 220 cm³/mol. The van der Waals surface area contributed by atoms with Crippen molar-refractivity contribution in [3.8, 4) is 0 Å². The summed E-state index contributed by atoms with van der Waals surface area (Å²) in [6.07, 6.45) is 13.9. The monoisotopic (exact) mass is 677 g/mol. The number of fused-ring (bicyclic) bond motifs is 6. The van der Waals surface area contributed by atoms with E-state index in [-0.39, 0.29) is 0 Å². The van der Waals surface area contributed by atoms with Crippen molar-refractivity contribution in [2.24, 2.45) is 22.7 Å². The van der Waals surface area contributed by atoms with E-state index in [1.807, 2.05) is 40.1 Å². The number of rotatable bonds is 9. The average Bonchev–Trinajstić information content (AvgIpc) is 3.99. The minimum absolute atomic E-state index is 0.372. The molecule has 0 aliphatic heterocycles. The first-order chi connectivity index (χ1) is 24.1. The van der Waals surface area contributed by atoms with E-state index in [0.717, 1.165) is 77.3 Å². The molecule has 3 heteroatoms. The van der Waals surface area contributed by atoms with Crippen molar-refractivity contribution < 1.29 is 4.79 Å². The van der Waals surface area contributed by atoms with Gasteiger partial charge in [-0.2, -0.15) is 0 Å². The molecule has 0 radical (unpaired) electrons. The molecule has 2 atom stereocenters. The highest BCUT2D eigenvalue weighted by Crippen LogP contribution is 2.41. The number of aliphatic imine (C=N–C) groups is 1. The number of benzene rings is 3.